The molecule has 1 aromatic rings. The molecular formula is C19H32N4O. The fourth-order valence-corrected chi connectivity index (χ4v) is 2.32. The Balaban J connectivity index is 1.52. The molecule has 0 saturated heterocycles. The van der Waals surface area contributed by atoms with Crippen LogP contribution in [0.1, 0.15) is 32.6 Å². The maximum Gasteiger partial charge on any atom is 0.191 e. The second-order valence-electron chi connectivity index (χ2n) is 6.21. The molecule has 1 aromatic carbocycles. The molecule has 1 fully saturated rings. The minimum atomic E-state index is 0.813. The summed E-state index contributed by atoms with van der Waals surface area (Å²) in [5.74, 6) is 1.75. The molecule has 1 saturated carbocycles. The molecule has 0 aliphatic heterocycles. The standard InChI is InChI=1S/C19H32N4O/c1-2-20-19(23-14-7-15-24-16-17-10-11-17)22-13-6-12-21-18-8-4-3-5-9-18/h3-5,8-9,17,21H,2,6-7,10-16H2,1H3,(H2,20,22,23). The Kier molecular flexibility index (Phi) is 9.09. The van der Waals surface area contributed by atoms with Crippen molar-refractivity contribution in [1.82, 2.24) is 10.6 Å². The Morgan fingerprint density at radius 3 is 2.71 bits per heavy atom. The molecule has 1 aliphatic carbocycles. The Morgan fingerprint density at radius 1 is 1.12 bits per heavy atom. The third-order valence-corrected chi connectivity index (χ3v) is 3.86. The molecule has 24 heavy (non-hydrogen) atoms. The number of aliphatic imine (C=N–C) groups is 1. The van der Waals surface area contributed by atoms with Crippen LogP contribution in [0.15, 0.2) is 35.3 Å². The topological polar surface area (TPSA) is 57.7 Å². The number of hydrogen-bond acceptors (Lipinski definition) is 3. The average molecular weight is 332 g/mol. The van der Waals surface area contributed by atoms with Crippen molar-refractivity contribution in [3.63, 3.8) is 0 Å². The molecule has 1 aliphatic rings. The maximum atomic E-state index is 5.65. The van der Waals surface area contributed by atoms with E-state index in [1.165, 1.54) is 12.8 Å². The van der Waals surface area contributed by atoms with Gasteiger partial charge in [0.1, 0.15) is 0 Å². The van der Waals surface area contributed by atoms with Crippen LogP contribution in [0.3, 0.4) is 0 Å². The van der Waals surface area contributed by atoms with Crippen molar-refractivity contribution in [3.8, 4) is 0 Å². The van der Waals surface area contributed by atoms with Gasteiger partial charge in [0.2, 0.25) is 0 Å². The van der Waals surface area contributed by atoms with Crippen LogP contribution >= 0.6 is 0 Å². The highest BCUT2D eigenvalue weighted by Crippen LogP contribution is 2.28. The van der Waals surface area contributed by atoms with Gasteiger partial charge in [0.15, 0.2) is 5.96 Å². The summed E-state index contributed by atoms with van der Waals surface area (Å²) in [6.07, 6.45) is 4.74. The first-order valence-corrected chi connectivity index (χ1v) is 9.27. The van der Waals surface area contributed by atoms with Gasteiger partial charge in [0.25, 0.3) is 0 Å². The zero-order valence-corrected chi connectivity index (χ0v) is 14.9. The summed E-state index contributed by atoms with van der Waals surface area (Å²) in [5, 5.41) is 10.1. The van der Waals surface area contributed by atoms with Crippen molar-refractivity contribution < 1.29 is 4.74 Å². The molecular weight excluding hydrogens is 300 g/mol. The summed E-state index contributed by atoms with van der Waals surface area (Å²) in [5.41, 5.74) is 1.16. The monoisotopic (exact) mass is 332 g/mol. The van der Waals surface area contributed by atoms with E-state index in [2.05, 4.69) is 40.0 Å². The highest BCUT2D eigenvalue weighted by atomic mass is 16.5. The largest absolute Gasteiger partial charge is 0.385 e. The van der Waals surface area contributed by atoms with Crippen LogP contribution in [0.25, 0.3) is 0 Å². The number of anilines is 1. The number of nitrogens with zero attached hydrogens (tertiary/aromatic N) is 1. The minimum absolute atomic E-state index is 0.813. The maximum absolute atomic E-state index is 5.65. The SMILES string of the molecule is CCNC(=NCCCNc1ccccc1)NCCCOCC1CC1. The second kappa shape index (κ2) is 11.7. The van der Waals surface area contributed by atoms with Gasteiger partial charge >= 0.3 is 0 Å². The molecule has 0 atom stereocenters. The van der Waals surface area contributed by atoms with Gasteiger partial charge in [-0.1, -0.05) is 18.2 Å². The van der Waals surface area contributed by atoms with Crippen molar-refractivity contribution in [2.24, 2.45) is 10.9 Å². The first-order valence-electron chi connectivity index (χ1n) is 9.27. The molecule has 0 bridgehead atoms. The predicted molar refractivity (Wildman–Crippen MR) is 102 cm³/mol. The summed E-state index contributed by atoms with van der Waals surface area (Å²) in [7, 11) is 0. The van der Waals surface area contributed by atoms with E-state index in [1.54, 1.807) is 0 Å². The van der Waals surface area contributed by atoms with Gasteiger partial charge in [-0.2, -0.15) is 0 Å². The fourth-order valence-electron chi connectivity index (χ4n) is 2.32. The number of guanidine groups is 1. The molecule has 3 N–H and O–H groups in total. The lowest BCUT2D eigenvalue weighted by atomic mass is 10.3. The van der Waals surface area contributed by atoms with Gasteiger partial charge in [0, 0.05) is 45.1 Å². The molecule has 0 aromatic heterocycles. The molecule has 0 amide bonds. The van der Waals surface area contributed by atoms with Crippen LogP contribution in [0.5, 0.6) is 0 Å². The predicted octanol–water partition coefficient (Wildman–Crippen LogP) is 2.86. The fraction of sp³-hybridized carbons (Fsp3) is 0.632. The van der Waals surface area contributed by atoms with E-state index in [0.717, 1.165) is 69.8 Å². The van der Waals surface area contributed by atoms with Gasteiger partial charge in [-0.25, -0.2) is 0 Å². The number of para-hydroxylation sites is 1. The summed E-state index contributed by atoms with van der Waals surface area (Å²) in [6.45, 7) is 7.40. The van der Waals surface area contributed by atoms with Crippen molar-refractivity contribution in [2.45, 2.75) is 32.6 Å². The molecule has 0 radical (unpaired) electrons. The molecule has 0 spiro atoms. The van der Waals surface area contributed by atoms with Crippen molar-refractivity contribution in [1.29, 1.82) is 0 Å². The zero-order chi connectivity index (χ0) is 16.9. The van der Waals surface area contributed by atoms with Gasteiger partial charge in [0.05, 0.1) is 0 Å². The minimum Gasteiger partial charge on any atom is -0.385 e. The first-order chi connectivity index (χ1) is 11.9. The van der Waals surface area contributed by atoms with Crippen molar-refractivity contribution >= 4 is 11.6 Å². The summed E-state index contributed by atoms with van der Waals surface area (Å²) < 4.78 is 5.65. The van der Waals surface area contributed by atoms with Crippen LogP contribution in [-0.4, -0.2) is 45.4 Å². The lowest BCUT2D eigenvalue weighted by Gasteiger charge is -2.11. The van der Waals surface area contributed by atoms with Gasteiger partial charge < -0.3 is 20.7 Å². The van der Waals surface area contributed by atoms with Crippen LogP contribution in [0.4, 0.5) is 5.69 Å². The van der Waals surface area contributed by atoms with E-state index in [4.69, 9.17) is 4.74 Å². The van der Waals surface area contributed by atoms with Gasteiger partial charge in [-0.05, 0) is 50.7 Å². The van der Waals surface area contributed by atoms with E-state index < -0.39 is 0 Å². The molecule has 5 nitrogen and oxygen atoms in total. The van der Waals surface area contributed by atoms with Crippen molar-refractivity contribution in [3.05, 3.63) is 30.3 Å². The number of ether oxygens (including phenoxy) is 1. The van der Waals surface area contributed by atoms with Crippen molar-refractivity contribution in [2.75, 3.05) is 44.7 Å². The quantitative estimate of drug-likeness (QED) is 0.313. The Morgan fingerprint density at radius 2 is 1.96 bits per heavy atom. The number of hydrogen-bond donors (Lipinski definition) is 3. The lowest BCUT2D eigenvalue weighted by molar-refractivity contribution is 0.123. The van der Waals surface area contributed by atoms with Crippen LogP contribution in [0, 0.1) is 5.92 Å². The Labute approximate surface area is 146 Å². The Hall–Kier alpha value is -1.75. The number of nitrogens with one attached hydrogen (secondary N) is 3. The van der Waals surface area contributed by atoms with Crippen LogP contribution < -0.4 is 16.0 Å². The number of benzene rings is 1. The van der Waals surface area contributed by atoms with E-state index in [9.17, 15) is 0 Å². The summed E-state index contributed by atoms with van der Waals surface area (Å²) in [4.78, 5) is 4.61. The molecule has 2 rings (SSSR count). The normalized spacial score (nSPS) is 14.5. The second-order valence-corrected chi connectivity index (χ2v) is 6.21. The third-order valence-electron chi connectivity index (χ3n) is 3.86. The lowest BCUT2D eigenvalue weighted by Crippen LogP contribution is -2.38. The molecule has 134 valence electrons. The van der Waals surface area contributed by atoms with E-state index in [-0.39, 0.29) is 0 Å². The van der Waals surface area contributed by atoms with E-state index >= 15 is 0 Å². The summed E-state index contributed by atoms with van der Waals surface area (Å²) >= 11 is 0. The van der Waals surface area contributed by atoms with Crippen LogP contribution in [-0.2, 0) is 4.74 Å². The summed E-state index contributed by atoms with van der Waals surface area (Å²) in [6, 6.07) is 10.3. The highest BCUT2D eigenvalue weighted by Gasteiger charge is 2.20. The third kappa shape index (κ3) is 8.77. The number of rotatable bonds is 12. The molecule has 5 heteroatoms. The average Bonchev–Trinajstić information content (AvgIpc) is 3.42. The molecule has 0 unspecified atom stereocenters. The Bertz CT molecular complexity index is 460. The van der Waals surface area contributed by atoms with E-state index in [1.807, 2.05) is 18.2 Å². The highest BCUT2D eigenvalue weighted by molar-refractivity contribution is 5.79. The molecule has 0 heterocycles. The first kappa shape index (κ1) is 18.6. The smallest absolute Gasteiger partial charge is 0.191 e. The van der Waals surface area contributed by atoms with E-state index in [0.29, 0.717) is 0 Å². The van der Waals surface area contributed by atoms with Crippen LogP contribution in [0.2, 0.25) is 0 Å². The van der Waals surface area contributed by atoms with Gasteiger partial charge in [-0.3, -0.25) is 4.99 Å². The van der Waals surface area contributed by atoms with Gasteiger partial charge in [-0.15, -0.1) is 0 Å². The zero-order valence-electron chi connectivity index (χ0n) is 14.9.